The molecule has 0 saturated carbocycles. The van der Waals surface area contributed by atoms with E-state index < -0.39 is 0 Å². The minimum Gasteiger partial charge on any atom is -0.373 e. The Kier molecular flexibility index (Phi) is 4.15. The summed E-state index contributed by atoms with van der Waals surface area (Å²) in [4.78, 5) is 17.2. The van der Waals surface area contributed by atoms with Gasteiger partial charge in [0.2, 0.25) is 5.91 Å². The SMILES string of the molecule is CCN1CCN(C(=O)C2CCc3ccccc3N2)CC1C. The zero-order valence-electron chi connectivity index (χ0n) is 13.0. The van der Waals surface area contributed by atoms with E-state index in [1.165, 1.54) is 5.56 Å². The largest absolute Gasteiger partial charge is 0.373 e. The second-order valence-electron chi connectivity index (χ2n) is 6.15. The van der Waals surface area contributed by atoms with Crippen molar-refractivity contribution in [2.24, 2.45) is 0 Å². The topological polar surface area (TPSA) is 35.6 Å². The Morgan fingerprint density at radius 2 is 2.14 bits per heavy atom. The minimum atomic E-state index is -0.0553. The molecule has 0 radical (unpaired) electrons. The van der Waals surface area contributed by atoms with Crippen LogP contribution in [0.15, 0.2) is 24.3 Å². The maximum Gasteiger partial charge on any atom is 0.245 e. The Morgan fingerprint density at radius 3 is 2.90 bits per heavy atom. The van der Waals surface area contributed by atoms with Gasteiger partial charge in [0.25, 0.3) is 0 Å². The number of fused-ring (bicyclic) bond motifs is 1. The van der Waals surface area contributed by atoms with Gasteiger partial charge in [-0.1, -0.05) is 25.1 Å². The highest BCUT2D eigenvalue weighted by molar-refractivity contribution is 5.85. The number of benzene rings is 1. The molecular formula is C17H25N3O. The van der Waals surface area contributed by atoms with Crippen molar-refractivity contribution in [1.82, 2.24) is 9.80 Å². The lowest BCUT2D eigenvalue weighted by Crippen LogP contribution is -2.56. The fourth-order valence-electron chi connectivity index (χ4n) is 3.51. The van der Waals surface area contributed by atoms with E-state index in [1.54, 1.807) is 0 Å². The van der Waals surface area contributed by atoms with Crippen molar-refractivity contribution in [3.8, 4) is 0 Å². The summed E-state index contributed by atoms with van der Waals surface area (Å²) >= 11 is 0. The monoisotopic (exact) mass is 287 g/mol. The fourth-order valence-corrected chi connectivity index (χ4v) is 3.51. The summed E-state index contributed by atoms with van der Waals surface area (Å²) in [7, 11) is 0. The van der Waals surface area contributed by atoms with Crippen molar-refractivity contribution < 1.29 is 4.79 Å². The Morgan fingerprint density at radius 1 is 1.33 bits per heavy atom. The first-order valence-corrected chi connectivity index (χ1v) is 8.06. The van der Waals surface area contributed by atoms with Crippen molar-refractivity contribution in [3.63, 3.8) is 0 Å². The molecule has 1 aromatic rings. The number of amides is 1. The smallest absolute Gasteiger partial charge is 0.245 e. The van der Waals surface area contributed by atoms with E-state index >= 15 is 0 Å². The van der Waals surface area contributed by atoms with Crippen LogP contribution in [0.25, 0.3) is 0 Å². The van der Waals surface area contributed by atoms with Gasteiger partial charge in [-0.2, -0.15) is 0 Å². The zero-order chi connectivity index (χ0) is 14.8. The number of carbonyl (C=O) groups is 1. The first kappa shape index (κ1) is 14.4. The summed E-state index contributed by atoms with van der Waals surface area (Å²) in [5, 5.41) is 3.43. The second-order valence-corrected chi connectivity index (χ2v) is 6.15. The number of nitrogens with one attached hydrogen (secondary N) is 1. The molecule has 1 fully saturated rings. The zero-order valence-corrected chi connectivity index (χ0v) is 13.0. The number of anilines is 1. The first-order valence-electron chi connectivity index (χ1n) is 8.06. The molecule has 2 atom stereocenters. The third kappa shape index (κ3) is 2.91. The molecule has 21 heavy (non-hydrogen) atoms. The molecule has 1 aromatic carbocycles. The predicted octanol–water partition coefficient (Wildman–Crippen LogP) is 1.97. The molecule has 2 unspecified atom stereocenters. The van der Waals surface area contributed by atoms with Crippen LogP contribution in [0.5, 0.6) is 0 Å². The predicted molar refractivity (Wildman–Crippen MR) is 85.5 cm³/mol. The molecule has 1 N–H and O–H groups in total. The van der Waals surface area contributed by atoms with Crippen LogP contribution in [0.3, 0.4) is 0 Å². The molecule has 4 nitrogen and oxygen atoms in total. The van der Waals surface area contributed by atoms with E-state index in [4.69, 9.17) is 0 Å². The molecule has 1 amide bonds. The summed E-state index contributed by atoms with van der Waals surface area (Å²) in [6.45, 7) is 8.18. The first-order chi connectivity index (χ1) is 10.2. The van der Waals surface area contributed by atoms with Gasteiger partial charge in [-0.3, -0.25) is 9.69 Å². The van der Waals surface area contributed by atoms with Crippen LogP contribution in [0, 0.1) is 0 Å². The van der Waals surface area contributed by atoms with Crippen molar-refractivity contribution in [3.05, 3.63) is 29.8 Å². The highest BCUT2D eigenvalue weighted by Crippen LogP contribution is 2.25. The number of aryl methyl sites for hydroxylation is 1. The molecule has 1 saturated heterocycles. The third-order valence-corrected chi connectivity index (χ3v) is 4.83. The number of para-hydroxylation sites is 1. The molecule has 0 aliphatic carbocycles. The lowest BCUT2D eigenvalue weighted by atomic mass is 9.97. The van der Waals surface area contributed by atoms with Gasteiger partial charge in [-0.05, 0) is 37.9 Å². The Balaban J connectivity index is 1.65. The lowest BCUT2D eigenvalue weighted by molar-refractivity contribution is -0.135. The second kappa shape index (κ2) is 6.06. The van der Waals surface area contributed by atoms with E-state index in [9.17, 15) is 4.79 Å². The van der Waals surface area contributed by atoms with Crippen LogP contribution < -0.4 is 5.32 Å². The molecule has 3 rings (SSSR count). The molecule has 2 aliphatic heterocycles. The number of hydrogen-bond acceptors (Lipinski definition) is 3. The highest BCUT2D eigenvalue weighted by Gasteiger charge is 2.31. The molecule has 0 bridgehead atoms. The van der Waals surface area contributed by atoms with Gasteiger partial charge >= 0.3 is 0 Å². The van der Waals surface area contributed by atoms with Crippen LogP contribution in [-0.4, -0.2) is 54.0 Å². The van der Waals surface area contributed by atoms with E-state index in [1.807, 2.05) is 11.0 Å². The average molecular weight is 287 g/mol. The summed E-state index contributed by atoms with van der Waals surface area (Å²) < 4.78 is 0. The third-order valence-electron chi connectivity index (χ3n) is 4.83. The Bertz CT molecular complexity index is 517. The van der Waals surface area contributed by atoms with Crippen molar-refractivity contribution in [2.75, 3.05) is 31.5 Å². The minimum absolute atomic E-state index is 0.0553. The van der Waals surface area contributed by atoms with Crippen LogP contribution in [0.2, 0.25) is 0 Å². The molecular weight excluding hydrogens is 262 g/mol. The maximum absolute atomic E-state index is 12.7. The number of rotatable bonds is 2. The summed E-state index contributed by atoms with van der Waals surface area (Å²) in [6.07, 6.45) is 1.89. The summed E-state index contributed by atoms with van der Waals surface area (Å²) in [5.74, 6) is 0.270. The van der Waals surface area contributed by atoms with Crippen LogP contribution in [0.4, 0.5) is 5.69 Å². The molecule has 2 heterocycles. The van der Waals surface area contributed by atoms with E-state index in [-0.39, 0.29) is 11.9 Å². The van der Waals surface area contributed by atoms with Crippen LogP contribution in [-0.2, 0) is 11.2 Å². The quantitative estimate of drug-likeness (QED) is 0.903. The lowest BCUT2D eigenvalue weighted by Gasteiger charge is -2.41. The van der Waals surface area contributed by atoms with Crippen molar-refractivity contribution in [1.29, 1.82) is 0 Å². The number of hydrogen-bond donors (Lipinski definition) is 1. The number of nitrogens with zero attached hydrogens (tertiary/aromatic N) is 2. The van der Waals surface area contributed by atoms with E-state index in [0.717, 1.165) is 44.7 Å². The summed E-state index contributed by atoms with van der Waals surface area (Å²) in [6, 6.07) is 8.72. The average Bonchev–Trinajstić information content (AvgIpc) is 2.53. The standard InChI is InChI=1S/C17H25N3O/c1-3-19-10-11-20(12-13(19)2)17(21)16-9-8-14-6-4-5-7-15(14)18-16/h4-7,13,16,18H,3,8-12H2,1-2H3. The van der Waals surface area contributed by atoms with Crippen molar-refractivity contribution >= 4 is 11.6 Å². The van der Waals surface area contributed by atoms with Crippen LogP contribution in [0.1, 0.15) is 25.8 Å². The van der Waals surface area contributed by atoms with Gasteiger partial charge in [0.05, 0.1) is 0 Å². The maximum atomic E-state index is 12.7. The Hall–Kier alpha value is -1.55. The Labute approximate surface area is 127 Å². The van der Waals surface area contributed by atoms with E-state index in [2.05, 4.69) is 42.3 Å². The fraction of sp³-hybridized carbons (Fsp3) is 0.588. The number of likely N-dealkylation sites (N-methyl/N-ethyl adjacent to an activating group) is 1. The van der Waals surface area contributed by atoms with Gasteiger partial charge in [-0.15, -0.1) is 0 Å². The molecule has 114 valence electrons. The normalized spacial score (nSPS) is 26.1. The van der Waals surface area contributed by atoms with Gasteiger partial charge in [0.1, 0.15) is 6.04 Å². The van der Waals surface area contributed by atoms with Crippen LogP contribution >= 0.6 is 0 Å². The van der Waals surface area contributed by atoms with Gasteiger partial charge in [-0.25, -0.2) is 0 Å². The molecule has 2 aliphatic rings. The molecule has 0 spiro atoms. The molecule has 0 aromatic heterocycles. The van der Waals surface area contributed by atoms with E-state index in [0.29, 0.717) is 6.04 Å². The number of piperazine rings is 1. The summed E-state index contributed by atoms with van der Waals surface area (Å²) in [5.41, 5.74) is 2.45. The van der Waals surface area contributed by atoms with Gasteiger partial charge in [0.15, 0.2) is 0 Å². The van der Waals surface area contributed by atoms with Gasteiger partial charge < -0.3 is 10.2 Å². The van der Waals surface area contributed by atoms with Gasteiger partial charge in [0, 0.05) is 31.4 Å². The molecule has 4 heteroatoms. The van der Waals surface area contributed by atoms with Crippen molar-refractivity contribution in [2.45, 2.75) is 38.8 Å². The highest BCUT2D eigenvalue weighted by atomic mass is 16.2. The number of carbonyl (C=O) groups excluding carboxylic acids is 1.